The molecular formula is C96H75N5. The lowest BCUT2D eigenvalue weighted by Gasteiger charge is -2.09. The molecule has 101 heavy (non-hydrogen) atoms. The van der Waals surface area contributed by atoms with Crippen molar-refractivity contribution in [1.29, 1.82) is 0 Å². The van der Waals surface area contributed by atoms with Gasteiger partial charge in [0.15, 0.2) is 0 Å². The zero-order valence-electron chi connectivity index (χ0n) is 57.0. The summed E-state index contributed by atoms with van der Waals surface area (Å²) in [6.45, 7) is 8.55. The van der Waals surface area contributed by atoms with Crippen LogP contribution in [0.4, 0.5) is 0 Å². The van der Waals surface area contributed by atoms with Gasteiger partial charge in [0.2, 0.25) is 0 Å². The van der Waals surface area contributed by atoms with Crippen molar-refractivity contribution in [2.45, 2.75) is 27.7 Å². The highest BCUT2D eigenvalue weighted by atomic mass is 14.7. The molecule has 0 aliphatic heterocycles. The molecule has 484 valence electrons. The second-order valence-electron chi connectivity index (χ2n) is 25.9. The minimum absolute atomic E-state index is 1.17. The van der Waals surface area contributed by atoms with Crippen LogP contribution in [-0.4, -0.2) is 24.9 Å². The van der Waals surface area contributed by atoms with Crippen molar-refractivity contribution in [1.82, 2.24) is 24.9 Å². The molecule has 0 aliphatic carbocycles. The molecule has 0 bridgehead atoms. The Kier molecular flexibility index (Phi) is 17.3. The summed E-state index contributed by atoms with van der Waals surface area (Å²) in [5.74, 6) is 0. The van der Waals surface area contributed by atoms with Gasteiger partial charge in [0.25, 0.3) is 0 Å². The molecule has 20 rings (SSSR count). The van der Waals surface area contributed by atoms with Gasteiger partial charge in [0, 0.05) is 82.2 Å². The van der Waals surface area contributed by atoms with Gasteiger partial charge >= 0.3 is 0 Å². The first-order valence-electron chi connectivity index (χ1n) is 34.7. The maximum atomic E-state index is 3.81. The summed E-state index contributed by atoms with van der Waals surface area (Å²) in [5, 5.41) is 16.8. The molecule has 20 aromatic rings. The summed E-state index contributed by atoms with van der Waals surface area (Å²) in [7, 11) is 0. The number of nitrogens with one attached hydrogen (secondary N) is 5. The minimum atomic E-state index is 1.17. The van der Waals surface area contributed by atoms with E-state index in [0.717, 1.165) is 0 Å². The Morgan fingerprint density at radius 3 is 1.00 bits per heavy atom. The van der Waals surface area contributed by atoms with Crippen molar-refractivity contribution in [2.75, 3.05) is 0 Å². The lowest BCUT2D eigenvalue weighted by molar-refractivity contribution is 1.25. The van der Waals surface area contributed by atoms with Crippen molar-refractivity contribution in [2.24, 2.45) is 0 Å². The Morgan fingerprint density at radius 2 is 0.495 bits per heavy atom. The number of H-pyrrole nitrogens is 5. The van der Waals surface area contributed by atoms with E-state index < -0.39 is 0 Å². The number of hydrogen-bond donors (Lipinski definition) is 5. The number of aromatic nitrogens is 5. The standard InChI is InChI=1S/C28H19N.C24H17N.C20H15N.C14H13N.C10H11N/c1-3-11-19(12-4-1)25-26-23-17-9-7-15-21(23)22-16-8-10-18-24(22)28(26)29-27(25)20-13-5-2-6-14-20;1-3-10-18(11-4-1)22-21-16-15-17-9-7-8-14-20(17)24(21)25-23(22)19-12-5-2-6-13-19;1-3-9-15(10-4-1)19-17-13-7-8-14-18(17)21-20(19)16-11-5-2-6-12-16;1-9-10(2)15-14-12(9)8-7-11-5-3-4-6-13(11)14;1-7-8(2)11-10-6-4-3-5-9(7)10/h1-18,29H;1-16,25H;1-14,21H;3-8,15H,1-2H3;3-6,11H,1-2H3. The van der Waals surface area contributed by atoms with Crippen LogP contribution < -0.4 is 0 Å². The predicted octanol–water partition coefficient (Wildman–Crippen LogP) is 26.7. The molecule has 5 nitrogen and oxygen atoms in total. The fourth-order valence-electron chi connectivity index (χ4n) is 14.7. The van der Waals surface area contributed by atoms with Gasteiger partial charge in [0.05, 0.1) is 33.6 Å². The highest BCUT2D eigenvalue weighted by Crippen LogP contribution is 2.46. The maximum absolute atomic E-state index is 3.81. The van der Waals surface area contributed by atoms with Crippen molar-refractivity contribution >= 4 is 97.6 Å². The third kappa shape index (κ3) is 12.2. The maximum Gasteiger partial charge on any atom is 0.0551 e. The highest BCUT2D eigenvalue weighted by molar-refractivity contribution is 6.29. The monoisotopic (exact) mass is 1300 g/mol. The largest absolute Gasteiger partial charge is 0.358 e. The van der Waals surface area contributed by atoms with Crippen LogP contribution in [0.5, 0.6) is 0 Å². The Hall–Kier alpha value is -13.0. The molecule has 0 spiro atoms. The van der Waals surface area contributed by atoms with Gasteiger partial charge in [-0.1, -0.05) is 340 Å². The molecule has 0 saturated carbocycles. The van der Waals surface area contributed by atoms with Gasteiger partial charge in [-0.3, -0.25) is 0 Å². The van der Waals surface area contributed by atoms with E-state index in [4.69, 9.17) is 0 Å². The Balaban J connectivity index is 0.000000101. The second-order valence-corrected chi connectivity index (χ2v) is 25.9. The Labute approximate surface area is 588 Å². The average Bonchev–Trinajstić information content (AvgIpc) is 1.62. The molecule has 0 aliphatic rings. The average molecular weight is 1300 g/mol. The van der Waals surface area contributed by atoms with E-state index in [0.29, 0.717) is 0 Å². The van der Waals surface area contributed by atoms with Crippen LogP contribution in [0.15, 0.2) is 352 Å². The zero-order chi connectivity index (χ0) is 68.2. The van der Waals surface area contributed by atoms with E-state index in [-0.39, 0.29) is 0 Å². The second kappa shape index (κ2) is 27.9. The predicted molar refractivity (Wildman–Crippen MR) is 433 cm³/mol. The number of para-hydroxylation sites is 2. The van der Waals surface area contributed by atoms with Gasteiger partial charge in [0.1, 0.15) is 0 Å². The molecular weight excluding hydrogens is 1220 g/mol. The van der Waals surface area contributed by atoms with Crippen molar-refractivity contribution in [3.63, 3.8) is 0 Å². The summed E-state index contributed by atoms with van der Waals surface area (Å²) in [6.07, 6.45) is 0. The first-order chi connectivity index (χ1) is 49.8. The molecule has 15 aromatic carbocycles. The van der Waals surface area contributed by atoms with Crippen LogP contribution in [0.1, 0.15) is 22.5 Å². The lowest BCUT2D eigenvalue weighted by atomic mass is 9.92. The molecule has 0 amide bonds. The number of aromatic amines is 5. The van der Waals surface area contributed by atoms with Crippen LogP contribution in [-0.2, 0) is 0 Å². The van der Waals surface area contributed by atoms with Crippen LogP contribution in [0, 0.1) is 27.7 Å². The molecule has 0 atom stereocenters. The topological polar surface area (TPSA) is 78.9 Å². The summed E-state index contributed by atoms with van der Waals surface area (Å²) in [4.78, 5) is 17.9. The van der Waals surface area contributed by atoms with E-state index >= 15 is 0 Å². The van der Waals surface area contributed by atoms with Gasteiger partial charge < -0.3 is 24.9 Å². The molecule has 5 N–H and O–H groups in total. The summed E-state index contributed by atoms with van der Waals surface area (Å²) >= 11 is 0. The quantitative estimate of drug-likeness (QED) is 0.103. The molecule has 0 radical (unpaired) electrons. The van der Waals surface area contributed by atoms with Crippen LogP contribution in [0.25, 0.3) is 165 Å². The molecule has 0 fully saturated rings. The third-order valence-corrected chi connectivity index (χ3v) is 19.9. The molecule has 0 saturated heterocycles. The lowest BCUT2D eigenvalue weighted by Crippen LogP contribution is -1.83. The van der Waals surface area contributed by atoms with E-state index in [9.17, 15) is 0 Å². The number of aryl methyl sites for hydroxylation is 4. The molecule has 0 unspecified atom stereocenters. The van der Waals surface area contributed by atoms with Crippen molar-refractivity contribution < 1.29 is 0 Å². The first-order valence-corrected chi connectivity index (χ1v) is 34.7. The fourth-order valence-corrected chi connectivity index (χ4v) is 14.7. The normalized spacial score (nSPS) is 11.2. The summed E-state index contributed by atoms with van der Waals surface area (Å²) in [5.41, 5.74) is 26.0. The zero-order valence-corrected chi connectivity index (χ0v) is 57.0. The number of rotatable bonds is 6. The van der Waals surface area contributed by atoms with Gasteiger partial charge in [-0.2, -0.15) is 0 Å². The summed E-state index contributed by atoms with van der Waals surface area (Å²) in [6, 6.07) is 124. The smallest absolute Gasteiger partial charge is 0.0551 e. The van der Waals surface area contributed by atoms with E-state index in [1.807, 2.05) is 6.07 Å². The number of benzene rings is 15. The molecule has 5 aromatic heterocycles. The van der Waals surface area contributed by atoms with E-state index in [2.05, 4.69) is 398 Å². The van der Waals surface area contributed by atoms with Gasteiger partial charge in [-0.25, -0.2) is 0 Å². The Bertz CT molecular complexity index is 6270. The van der Waals surface area contributed by atoms with Gasteiger partial charge in [-0.05, 0) is 111 Å². The van der Waals surface area contributed by atoms with Crippen LogP contribution in [0.3, 0.4) is 0 Å². The number of hydrogen-bond acceptors (Lipinski definition) is 0. The van der Waals surface area contributed by atoms with Crippen LogP contribution >= 0.6 is 0 Å². The first kappa shape index (κ1) is 62.8. The molecule has 5 heteroatoms. The third-order valence-electron chi connectivity index (χ3n) is 19.9. The minimum Gasteiger partial charge on any atom is -0.358 e. The SMILES string of the molecule is Cc1[nH]c2c(ccc3ccccc32)c1C.Cc1[nH]c2ccccc2c1C.c1ccc(-c2[nH]c3c(ccc4ccccc43)c2-c2ccccc2)cc1.c1ccc(-c2[nH]c3c4ccccc4c4ccccc4c3c2-c2ccccc2)cc1.c1ccc(-c2[nH]c3ccccc3c2-c2ccccc2)cc1. The fraction of sp³-hybridized carbons (Fsp3) is 0.0417. The van der Waals surface area contributed by atoms with E-state index in [1.54, 1.807) is 0 Å². The van der Waals surface area contributed by atoms with Crippen LogP contribution in [0.2, 0.25) is 0 Å². The highest BCUT2D eigenvalue weighted by Gasteiger charge is 2.21. The van der Waals surface area contributed by atoms with E-state index in [1.165, 1.54) is 187 Å². The van der Waals surface area contributed by atoms with Gasteiger partial charge in [-0.15, -0.1) is 0 Å². The van der Waals surface area contributed by atoms with Crippen molar-refractivity contribution in [3.05, 3.63) is 374 Å². The number of fused-ring (bicyclic) bond motifs is 14. The Morgan fingerprint density at radius 1 is 0.178 bits per heavy atom. The molecule has 5 heterocycles. The summed E-state index contributed by atoms with van der Waals surface area (Å²) < 4.78 is 0. The van der Waals surface area contributed by atoms with Crippen molar-refractivity contribution in [3.8, 4) is 67.2 Å².